The molecule has 0 heterocycles. The predicted molar refractivity (Wildman–Crippen MR) is 205 cm³/mol. The third-order valence-corrected chi connectivity index (χ3v) is 11.0. The molecule has 0 saturated heterocycles. The molecular weight excluding hydrogens is 577 g/mol. The van der Waals surface area contributed by atoms with E-state index < -0.39 is 0 Å². The molecule has 0 radical (unpaired) electrons. The SMILES string of the molecule is CC(C)c1c2c(c(C(C)C)c3c1Cc1c(c(-c4ccccc4)c(-c4ccccc4)c(-c4ccccc4)c1-c1ccccc1)C3)CCCC2. The van der Waals surface area contributed by atoms with Gasteiger partial charge in [0.25, 0.3) is 0 Å². The highest BCUT2D eigenvalue weighted by Crippen LogP contribution is 2.54. The molecule has 0 nitrogen and oxygen atoms in total. The summed E-state index contributed by atoms with van der Waals surface area (Å²) in [7, 11) is 0. The lowest BCUT2D eigenvalue weighted by Crippen LogP contribution is -2.22. The minimum absolute atomic E-state index is 0.499. The van der Waals surface area contributed by atoms with Gasteiger partial charge in [-0.3, -0.25) is 0 Å². The van der Waals surface area contributed by atoms with Gasteiger partial charge in [0.15, 0.2) is 0 Å². The molecule has 0 fully saturated rings. The zero-order valence-corrected chi connectivity index (χ0v) is 28.9. The fourth-order valence-corrected chi connectivity index (χ4v) is 9.22. The molecule has 8 rings (SSSR count). The molecule has 2 aliphatic rings. The quantitative estimate of drug-likeness (QED) is 0.173. The molecule has 0 aromatic heterocycles. The molecule has 48 heavy (non-hydrogen) atoms. The average Bonchev–Trinajstić information content (AvgIpc) is 3.13. The van der Waals surface area contributed by atoms with Crippen molar-refractivity contribution in [2.24, 2.45) is 0 Å². The fraction of sp³-hybridized carbons (Fsp3) is 0.250. The van der Waals surface area contributed by atoms with Gasteiger partial charge in [0.1, 0.15) is 0 Å². The first-order chi connectivity index (χ1) is 23.5. The number of hydrogen-bond acceptors (Lipinski definition) is 0. The normalized spacial score (nSPS) is 13.7. The van der Waals surface area contributed by atoms with Crippen LogP contribution in [0.15, 0.2) is 121 Å². The summed E-state index contributed by atoms with van der Waals surface area (Å²) in [6.45, 7) is 9.76. The lowest BCUT2D eigenvalue weighted by Gasteiger charge is -2.37. The minimum Gasteiger partial charge on any atom is -0.0622 e. The number of benzene rings is 6. The van der Waals surface area contributed by atoms with Crippen LogP contribution >= 0.6 is 0 Å². The van der Waals surface area contributed by atoms with Gasteiger partial charge in [0.2, 0.25) is 0 Å². The Bertz CT molecular complexity index is 1930. The molecule has 0 amide bonds. The summed E-state index contributed by atoms with van der Waals surface area (Å²) in [5.74, 6) is 0.999. The maximum atomic E-state index is 2.44. The Morgan fingerprint density at radius 3 is 0.917 bits per heavy atom. The molecule has 0 saturated carbocycles. The van der Waals surface area contributed by atoms with Crippen molar-refractivity contribution in [3.63, 3.8) is 0 Å². The van der Waals surface area contributed by atoms with E-state index in [1.54, 1.807) is 33.4 Å². The van der Waals surface area contributed by atoms with E-state index in [-0.39, 0.29) is 0 Å². The van der Waals surface area contributed by atoms with Crippen LogP contribution in [-0.4, -0.2) is 0 Å². The molecule has 0 aliphatic heterocycles. The van der Waals surface area contributed by atoms with Crippen LogP contribution in [0, 0.1) is 0 Å². The van der Waals surface area contributed by atoms with E-state index in [1.807, 2.05) is 0 Å². The molecular formula is C48H46. The van der Waals surface area contributed by atoms with Crippen LogP contribution in [0.25, 0.3) is 44.5 Å². The first-order valence-electron chi connectivity index (χ1n) is 18.2. The molecule has 0 N–H and O–H groups in total. The zero-order chi connectivity index (χ0) is 32.8. The zero-order valence-electron chi connectivity index (χ0n) is 28.9. The summed E-state index contributed by atoms with van der Waals surface area (Å²) in [6.07, 6.45) is 7.03. The lowest BCUT2D eigenvalue weighted by atomic mass is 9.67. The van der Waals surface area contributed by atoms with Gasteiger partial charge in [0.05, 0.1) is 0 Å². The van der Waals surface area contributed by atoms with Gasteiger partial charge in [-0.1, -0.05) is 149 Å². The van der Waals surface area contributed by atoms with Crippen molar-refractivity contribution in [2.45, 2.75) is 78.1 Å². The Morgan fingerprint density at radius 1 is 0.333 bits per heavy atom. The Hall–Kier alpha value is -4.68. The Kier molecular flexibility index (Phi) is 8.13. The van der Waals surface area contributed by atoms with Gasteiger partial charge in [-0.2, -0.15) is 0 Å². The van der Waals surface area contributed by atoms with Crippen molar-refractivity contribution in [3.8, 4) is 44.5 Å². The van der Waals surface area contributed by atoms with E-state index in [9.17, 15) is 0 Å². The Balaban J connectivity index is 1.57. The van der Waals surface area contributed by atoms with Crippen LogP contribution in [0.2, 0.25) is 0 Å². The second-order valence-corrected chi connectivity index (χ2v) is 14.5. The molecule has 0 atom stereocenters. The molecule has 0 bridgehead atoms. The monoisotopic (exact) mass is 622 g/mol. The van der Waals surface area contributed by atoms with Gasteiger partial charge in [-0.25, -0.2) is 0 Å². The summed E-state index contributed by atoms with van der Waals surface area (Å²) in [4.78, 5) is 0. The fourth-order valence-electron chi connectivity index (χ4n) is 9.22. The first kappa shape index (κ1) is 30.6. The molecule has 2 aliphatic carbocycles. The van der Waals surface area contributed by atoms with Crippen LogP contribution in [0.3, 0.4) is 0 Å². The summed E-state index contributed by atoms with van der Waals surface area (Å²) in [6, 6.07) is 44.9. The van der Waals surface area contributed by atoms with Crippen molar-refractivity contribution in [3.05, 3.63) is 166 Å². The second-order valence-electron chi connectivity index (χ2n) is 14.5. The van der Waals surface area contributed by atoms with Crippen LogP contribution in [0.4, 0.5) is 0 Å². The van der Waals surface area contributed by atoms with Gasteiger partial charge >= 0.3 is 0 Å². The highest BCUT2D eigenvalue weighted by Gasteiger charge is 2.35. The van der Waals surface area contributed by atoms with Crippen molar-refractivity contribution in [2.75, 3.05) is 0 Å². The first-order valence-corrected chi connectivity index (χ1v) is 18.2. The molecule has 0 spiro atoms. The highest BCUT2D eigenvalue weighted by molar-refractivity contribution is 6.05. The number of hydrogen-bond donors (Lipinski definition) is 0. The van der Waals surface area contributed by atoms with E-state index in [0.717, 1.165) is 12.8 Å². The van der Waals surface area contributed by atoms with Crippen LogP contribution in [0.5, 0.6) is 0 Å². The Labute approximate surface area is 287 Å². The van der Waals surface area contributed by atoms with Crippen LogP contribution in [0.1, 0.15) is 96.9 Å². The molecule has 0 unspecified atom stereocenters. The van der Waals surface area contributed by atoms with Gasteiger partial charge in [0, 0.05) is 0 Å². The third-order valence-electron chi connectivity index (χ3n) is 11.0. The smallest absolute Gasteiger partial charge is 0.00104 e. The maximum Gasteiger partial charge on any atom is -0.00104 e. The van der Waals surface area contributed by atoms with Gasteiger partial charge in [-0.05, 0) is 139 Å². The third kappa shape index (κ3) is 5.14. The summed E-state index contributed by atoms with van der Waals surface area (Å²) in [5.41, 5.74) is 23.6. The van der Waals surface area contributed by atoms with E-state index in [2.05, 4.69) is 149 Å². The molecule has 6 aromatic carbocycles. The van der Waals surface area contributed by atoms with Crippen molar-refractivity contribution in [1.82, 2.24) is 0 Å². The Morgan fingerprint density at radius 2 is 0.625 bits per heavy atom. The summed E-state index contributed by atoms with van der Waals surface area (Å²) < 4.78 is 0. The van der Waals surface area contributed by atoms with Crippen molar-refractivity contribution < 1.29 is 0 Å². The maximum absolute atomic E-state index is 2.44. The molecule has 238 valence electrons. The standard InChI is InChI=1S/C48H46/c1-31(2)43-37-27-17-18-28-38(37)44(32(3)4)40-30-42-41(29-39(40)43)45(33-19-9-5-10-20-33)47(35-23-13-7-14-24-35)48(36-25-15-8-16-26-36)46(42)34-21-11-6-12-22-34/h5-16,19-26,31-32H,17-18,27-30H2,1-4H3. The summed E-state index contributed by atoms with van der Waals surface area (Å²) >= 11 is 0. The average molecular weight is 623 g/mol. The summed E-state index contributed by atoms with van der Waals surface area (Å²) in [5, 5.41) is 0. The molecule has 6 aromatic rings. The second kappa shape index (κ2) is 12.7. The van der Waals surface area contributed by atoms with E-state index in [0.29, 0.717) is 11.8 Å². The van der Waals surface area contributed by atoms with Crippen molar-refractivity contribution >= 4 is 0 Å². The van der Waals surface area contributed by atoms with Crippen LogP contribution < -0.4 is 0 Å². The highest BCUT2D eigenvalue weighted by atomic mass is 14.4. The predicted octanol–water partition coefficient (Wildman–Crippen LogP) is 13.0. The van der Waals surface area contributed by atoms with E-state index in [1.165, 1.54) is 81.3 Å². The molecule has 0 heteroatoms. The van der Waals surface area contributed by atoms with Crippen LogP contribution in [-0.2, 0) is 25.7 Å². The number of fused-ring (bicyclic) bond motifs is 3. The van der Waals surface area contributed by atoms with Gasteiger partial charge in [-0.15, -0.1) is 0 Å². The lowest BCUT2D eigenvalue weighted by molar-refractivity contribution is 0.647. The number of rotatable bonds is 6. The van der Waals surface area contributed by atoms with E-state index in [4.69, 9.17) is 0 Å². The van der Waals surface area contributed by atoms with E-state index >= 15 is 0 Å². The minimum atomic E-state index is 0.499. The largest absolute Gasteiger partial charge is 0.0622 e. The van der Waals surface area contributed by atoms with Crippen molar-refractivity contribution in [1.29, 1.82) is 0 Å². The van der Waals surface area contributed by atoms with Gasteiger partial charge < -0.3 is 0 Å². The topological polar surface area (TPSA) is 0 Å².